The first-order chi connectivity index (χ1) is 14.9. The molecule has 158 valence electrons. The summed E-state index contributed by atoms with van der Waals surface area (Å²) in [6.07, 6.45) is 2.62. The minimum atomic E-state index is -0.911. The van der Waals surface area contributed by atoms with Crippen LogP contribution in [0.2, 0.25) is 0 Å². The lowest BCUT2D eigenvalue weighted by Crippen LogP contribution is -2.24. The highest BCUT2D eigenvalue weighted by Crippen LogP contribution is 2.30. The van der Waals surface area contributed by atoms with E-state index in [-0.39, 0.29) is 29.7 Å². The molecule has 3 nitrogen and oxygen atoms in total. The van der Waals surface area contributed by atoms with Crippen molar-refractivity contribution in [2.24, 2.45) is 5.92 Å². The summed E-state index contributed by atoms with van der Waals surface area (Å²) in [4.78, 5) is 25.2. The lowest BCUT2D eigenvalue weighted by Gasteiger charge is -2.23. The highest BCUT2D eigenvalue weighted by molar-refractivity contribution is 6.00. The number of aryl methyl sites for hydroxylation is 2. The van der Waals surface area contributed by atoms with Crippen molar-refractivity contribution in [2.75, 3.05) is 0 Å². The number of carbonyl (C=O) groups excluding carboxylic acids is 2. The molecule has 1 aliphatic carbocycles. The van der Waals surface area contributed by atoms with E-state index in [0.29, 0.717) is 29.5 Å². The summed E-state index contributed by atoms with van der Waals surface area (Å²) >= 11 is 0. The Morgan fingerprint density at radius 1 is 0.935 bits per heavy atom. The van der Waals surface area contributed by atoms with Crippen molar-refractivity contribution in [1.29, 1.82) is 0 Å². The van der Waals surface area contributed by atoms with E-state index in [1.165, 1.54) is 6.07 Å². The summed E-state index contributed by atoms with van der Waals surface area (Å²) in [5.74, 6) is -1.73. The molecule has 0 fully saturated rings. The van der Waals surface area contributed by atoms with Crippen LogP contribution in [0.3, 0.4) is 0 Å². The molecule has 0 aromatic heterocycles. The molecule has 0 amide bonds. The second-order valence-corrected chi connectivity index (χ2v) is 8.01. The van der Waals surface area contributed by atoms with Gasteiger partial charge in [0.1, 0.15) is 5.75 Å². The van der Waals surface area contributed by atoms with Crippen LogP contribution < -0.4 is 0 Å². The minimum absolute atomic E-state index is 0.0706. The van der Waals surface area contributed by atoms with Crippen LogP contribution in [0.5, 0.6) is 5.75 Å². The quantitative estimate of drug-likeness (QED) is 0.538. The van der Waals surface area contributed by atoms with Gasteiger partial charge in [0.2, 0.25) is 0 Å². The lowest BCUT2D eigenvalue weighted by atomic mass is 9.79. The summed E-state index contributed by atoms with van der Waals surface area (Å²) in [6, 6.07) is 15.8. The number of aromatic hydroxyl groups is 1. The van der Waals surface area contributed by atoms with Crippen LogP contribution in [0, 0.1) is 17.6 Å². The molecule has 1 unspecified atom stereocenters. The van der Waals surface area contributed by atoms with Crippen molar-refractivity contribution in [3.8, 4) is 5.75 Å². The van der Waals surface area contributed by atoms with Crippen molar-refractivity contribution in [2.45, 2.75) is 32.1 Å². The SMILES string of the molecule is O=C(CCc1ccc(F)c(F)c1)c1ccc(CC2CCc3cc(O)ccc3C2=O)cc1. The highest BCUT2D eigenvalue weighted by Gasteiger charge is 2.27. The first-order valence-electron chi connectivity index (χ1n) is 10.3. The molecular weight excluding hydrogens is 398 g/mol. The van der Waals surface area contributed by atoms with Crippen molar-refractivity contribution >= 4 is 11.6 Å². The van der Waals surface area contributed by atoms with Crippen molar-refractivity contribution in [3.63, 3.8) is 0 Å². The number of hydrogen-bond acceptors (Lipinski definition) is 3. The van der Waals surface area contributed by atoms with Crippen LogP contribution in [0.25, 0.3) is 0 Å². The third-order valence-electron chi connectivity index (χ3n) is 5.87. The Bertz CT molecular complexity index is 1140. The summed E-state index contributed by atoms with van der Waals surface area (Å²) in [5, 5.41) is 9.60. The van der Waals surface area contributed by atoms with Gasteiger partial charge in [-0.1, -0.05) is 30.3 Å². The number of ketones is 2. The second kappa shape index (κ2) is 8.80. The van der Waals surface area contributed by atoms with Crippen LogP contribution >= 0.6 is 0 Å². The van der Waals surface area contributed by atoms with Crippen LogP contribution in [-0.4, -0.2) is 16.7 Å². The molecule has 0 aliphatic heterocycles. The van der Waals surface area contributed by atoms with Gasteiger partial charge < -0.3 is 5.11 Å². The second-order valence-electron chi connectivity index (χ2n) is 8.01. The summed E-state index contributed by atoms with van der Waals surface area (Å²) in [5.41, 5.74) is 3.69. The first kappa shape index (κ1) is 20.9. The third-order valence-corrected chi connectivity index (χ3v) is 5.87. The molecular formula is C26H22F2O3. The number of phenols is 1. The Hall–Kier alpha value is -3.34. The molecule has 5 heteroatoms. The van der Waals surface area contributed by atoms with Gasteiger partial charge in [0.05, 0.1) is 0 Å². The van der Waals surface area contributed by atoms with E-state index in [1.807, 2.05) is 12.1 Å². The van der Waals surface area contributed by atoms with Crippen molar-refractivity contribution < 1.29 is 23.5 Å². The molecule has 1 aliphatic rings. The zero-order chi connectivity index (χ0) is 22.0. The minimum Gasteiger partial charge on any atom is -0.508 e. The molecule has 3 aromatic carbocycles. The predicted octanol–water partition coefficient (Wildman–Crippen LogP) is 5.47. The summed E-state index contributed by atoms with van der Waals surface area (Å²) in [7, 11) is 0. The fraction of sp³-hybridized carbons (Fsp3) is 0.231. The van der Waals surface area contributed by atoms with Gasteiger partial charge in [0, 0.05) is 23.5 Å². The van der Waals surface area contributed by atoms with E-state index in [0.717, 1.165) is 36.1 Å². The Balaban J connectivity index is 1.36. The number of hydrogen-bond donors (Lipinski definition) is 1. The number of carbonyl (C=O) groups is 2. The van der Waals surface area contributed by atoms with Crippen molar-refractivity contribution in [3.05, 3.63) is 100 Å². The van der Waals surface area contributed by atoms with Gasteiger partial charge >= 0.3 is 0 Å². The van der Waals surface area contributed by atoms with Gasteiger partial charge in [0.15, 0.2) is 23.2 Å². The Labute approximate surface area is 179 Å². The van der Waals surface area contributed by atoms with E-state index in [4.69, 9.17) is 0 Å². The first-order valence-corrected chi connectivity index (χ1v) is 10.3. The average Bonchev–Trinajstić information content (AvgIpc) is 2.77. The molecule has 3 aromatic rings. The van der Waals surface area contributed by atoms with E-state index in [9.17, 15) is 23.5 Å². The molecule has 0 radical (unpaired) electrons. The number of Topliss-reactive ketones (excluding diaryl/α,β-unsaturated/α-hetero) is 2. The maximum Gasteiger partial charge on any atom is 0.166 e. The molecule has 0 heterocycles. The van der Waals surface area contributed by atoms with Crippen molar-refractivity contribution in [1.82, 2.24) is 0 Å². The van der Waals surface area contributed by atoms with Gasteiger partial charge in [-0.2, -0.15) is 0 Å². The fourth-order valence-electron chi connectivity index (χ4n) is 4.11. The van der Waals surface area contributed by atoms with Gasteiger partial charge in [0.25, 0.3) is 0 Å². The number of halogens is 2. The predicted molar refractivity (Wildman–Crippen MR) is 113 cm³/mol. The fourth-order valence-corrected chi connectivity index (χ4v) is 4.11. The Morgan fingerprint density at radius 3 is 2.42 bits per heavy atom. The molecule has 4 rings (SSSR count). The smallest absolute Gasteiger partial charge is 0.166 e. The van der Waals surface area contributed by atoms with Crippen LogP contribution in [0.15, 0.2) is 60.7 Å². The molecule has 0 saturated heterocycles. The van der Waals surface area contributed by atoms with Gasteiger partial charge in [-0.15, -0.1) is 0 Å². The average molecular weight is 420 g/mol. The molecule has 0 saturated carbocycles. The van der Waals surface area contributed by atoms with Crippen LogP contribution in [-0.2, 0) is 19.3 Å². The monoisotopic (exact) mass is 420 g/mol. The standard InChI is InChI=1S/C26H22F2O3/c27-23-11-3-17(14-24(23)28)4-12-25(30)18-5-1-16(2-6-18)13-20-8-7-19-15-21(29)9-10-22(19)26(20)31/h1-3,5-6,9-11,14-15,20,29H,4,7-8,12-13H2. The number of rotatable bonds is 6. The largest absolute Gasteiger partial charge is 0.508 e. The lowest BCUT2D eigenvalue weighted by molar-refractivity contribution is 0.0900. The third kappa shape index (κ3) is 4.71. The number of benzene rings is 3. The molecule has 31 heavy (non-hydrogen) atoms. The summed E-state index contributed by atoms with van der Waals surface area (Å²) < 4.78 is 26.3. The van der Waals surface area contributed by atoms with Gasteiger partial charge in [-0.05, 0) is 72.7 Å². The van der Waals surface area contributed by atoms with Gasteiger partial charge in [-0.3, -0.25) is 9.59 Å². The zero-order valence-electron chi connectivity index (χ0n) is 16.9. The number of phenolic OH excluding ortho intramolecular Hbond substituents is 1. The molecule has 1 atom stereocenters. The normalized spacial score (nSPS) is 15.5. The van der Waals surface area contributed by atoms with Crippen LogP contribution in [0.4, 0.5) is 8.78 Å². The topological polar surface area (TPSA) is 54.4 Å². The Kier molecular flexibility index (Phi) is 5.94. The Morgan fingerprint density at radius 2 is 1.68 bits per heavy atom. The molecule has 0 spiro atoms. The van der Waals surface area contributed by atoms with E-state index in [1.54, 1.807) is 30.3 Å². The molecule has 1 N–H and O–H groups in total. The highest BCUT2D eigenvalue weighted by atomic mass is 19.2. The number of fused-ring (bicyclic) bond motifs is 1. The maximum atomic E-state index is 13.3. The van der Waals surface area contributed by atoms with E-state index >= 15 is 0 Å². The van der Waals surface area contributed by atoms with Crippen LogP contribution in [0.1, 0.15) is 50.2 Å². The summed E-state index contributed by atoms with van der Waals surface area (Å²) in [6.45, 7) is 0. The van der Waals surface area contributed by atoms with E-state index < -0.39 is 11.6 Å². The maximum absolute atomic E-state index is 13.3. The zero-order valence-corrected chi connectivity index (χ0v) is 16.9. The van der Waals surface area contributed by atoms with E-state index in [2.05, 4.69) is 0 Å². The molecule has 0 bridgehead atoms. The van der Waals surface area contributed by atoms with Gasteiger partial charge in [-0.25, -0.2) is 8.78 Å².